The number of nitrogens with zero attached hydrogens (tertiary/aromatic N) is 3. The molecule has 6 nitrogen and oxygen atoms in total. The Hall–Kier alpha value is -0.830. The second-order valence-electron chi connectivity index (χ2n) is 6.98. The molecule has 1 rings (SSSR count). The van der Waals surface area contributed by atoms with Gasteiger partial charge in [-0.25, -0.2) is 4.99 Å². The third kappa shape index (κ3) is 7.97. The summed E-state index contributed by atoms with van der Waals surface area (Å²) in [5.74, 6) is 0.756. The van der Waals surface area contributed by atoms with Crippen LogP contribution in [0, 0.1) is 0 Å². The van der Waals surface area contributed by atoms with Gasteiger partial charge in [0.05, 0.1) is 17.8 Å². The summed E-state index contributed by atoms with van der Waals surface area (Å²) >= 11 is 0. The van der Waals surface area contributed by atoms with Crippen LogP contribution in [0.3, 0.4) is 0 Å². The highest BCUT2D eigenvalue weighted by molar-refractivity contribution is 14.0. The Morgan fingerprint density at radius 1 is 1.07 bits per heavy atom. The number of halogens is 1. The van der Waals surface area contributed by atoms with E-state index in [0.717, 1.165) is 56.7 Å². The lowest BCUT2D eigenvalue weighted by Gasteiger charge is -2.28. The van der Waals surface area contributed by atoms with Gasteiger partial charge in [0.25, 0.3) is 0 Å². The molecule has 158 valence electrons. The molecule has 0 radical (unpaired) electrons. The molecule has 1 aromatic rings. The standard InChI is InChI=1S/C20H39N5O.HI/c1-7-12-20(26,13-8-2)15-23-19(21-11-5)22-14-16-17(9-3)24-25(6)18(16)10-4;/h26H,7-15H2,1-6H3,(H2,21,22,23);1H. The molecule has 27 heavy (non-hydrogen) atoms. The van der Waals surface area contributed by atoms with Crippen molar-refractivity contribution in [2.75, 3.05) is 13.1 Å². The van der Waals surface area contributed by atoms with Crippen LogP contribution in [0.5, 0.6) is 0 Å². The van der Waals surface area contributed by atoms with E-state index in [1.165, 1.54) is 11.3 Å². The molecule has 0 saturated carbocycles. The average molecular weight is 493 g/mol. The molecule has 0 unspecified atom stereocenters. The molecule has 0 saturated heterocycles. The molecule has 0 bridgehead atoms. The summed E-state index contributed by atoms with van der Waals surface area (Å²) in [5.41, 5.74) is 2.93. The Bertz CT molecular complexity index is 565. The fraction of sp³-hybridized carbons (Fsp3) is 0.800. The SMILES string of the molecule is CCCC(O)(CCC)CNC(=NCc1c(CC)nn(C)c1CC)NCC.I. The van der Waals surface area contributed by atoms with E-state index in [1.807, 2.05) is 11.7 Å². The molecule has 1 heterocycles. The topological polar surface area (TPSA) is 74.5 Å². The van der Waals surface area contributed by atoms with Gasteiger partial charge in [0.1, 0.15) is 0 Å². The largest absolute Gasteiger partial charge is 0.388 e. The van der Waals surface area contributed by atoms with Crippen molar-refractivity contribution in [2.45, 2.75) is 85.3 Å². The van der Waals surface area contributed by atoms with Crippen molar-refractivity contribution in [1.82, 2.24) is 20.4 Å². The van der Waals surface area contributed by atoms with Gasteiger partial charge >= 0.3 is 0 Å². The number of nitrogens with one attached hydrogen (secondary N) is 2. The van der Waals surface area contributed by atoms with Crippen molar-refractivity contribution in [1.29, 1.82) is 0 Å². The first-order chi connectivity index (χ1) is 12.4. The predicted octanol–water partition coefficient (Wildman–Crippen LogP) is 3.55. The lowest BCUT2D eigenvalue weighted by molar-refractivity contribution is 0.0257. The van der Waals surface area contributed by atoms with Crippen LogP contribution in [-0.2, 0) is 26.4 Å². The summed E-state index contributed by atoms with van der Waals surface area (Å²) in [6, 6.07) is 0. The second-order valence-corrected chi connectivity index (χ2v) is 6.98. The van der Waals surface area contributed by atoms with Gasteiger partial charge in [-0.2, -0.15) is 5.10 Å². The van der Waals surface area contributed by atoms with Crippen LogP contribution in [-0.4, -0.2) is 39.5 Å². The van der Waals surface area contributed by atoms with E-state index in [1.54, 1.807) is 0 Å². The maximum atomic E-state index is 10.8. The first kappa shape index (κ1) is 26.2. The highest BCUT2D eigenvalue weighted by atomic mass is 127. The molecular weight excluding hydrogens is 453 g/mol. The lowest BCUT2D eigenvalue weighted by Crippen LogP contribution is -2.47. The van der Waals surface area contributed by atoms with Gasteiger partial charge in [-0.1, -0.05) is 40.5 Å². The predicted molar refractivity (Wildman–Crippen MR) is 125 cm³/mol. The summed E-state index contributed by atoms with van der Waals surface area (Å²) in [6.45, 7) is 12.5. The van der Waals surface area contributed by atoms with Gasteiger partial charge in [0.2, 0.25) is 0 Å². The van der Waals surface area contributed by atoms with Crippen LogP contribution in [0.2, 0.25) is 0 Å². The van der Waals surface area contributed by atoms with E-state index in [2.05, 4.69) is 50.4 Å². The molecule has 0 fully saturated rings. The first-order valence-electron chi connectivity index (χ1n) is 10.2. The van der Waals surface area contributed by atoms with Crippen LogP contribution in [0.1, 0.15) is 77.3 Å². The molecule has 7 heteroatoms. The van der Waals surface area contributed by atoms with E-state index in [9.17, 15) is 5.11 Å². The Kier molecular flexibility index (Phi) is 13.0. The van der Waals surface area contributed by atoms with Crippen LogP contribution in [0.4, 0.5) is 0 Å². The molecule has 0 atom stereocenters. The van der Waals surface area contributed by atoms with Gasteiger partial charge in [-0.05, 0) is 32.6 Å². The zero-order valence-electron chi connectivity index (χ0n) is 18.1. The first-order valence-corrected chi connectivity index (χ1v) is 10.2. The van der Waals surface area contributed by atoms with Crippen LogP contribution in [0.15, 0.2) is 4.99 Å². The van der Waals surface area contributed by atoms with E-state index in [0.29, 0.717) is 13.1 Å². The fourth-order valence-electron chi connectivity index (χ4n) is 3.55. The van der Waals surface area contributed by atoms with Gasteiger partial charge < -0.3 is 15.7 Å². The number of aryl methyl sites for hydroxylation is 2. The van der Waals surface area contributed by atoms with Crippen LogP contribution in [0.25, 0.3) is 0 Å². The monoisotopic (exact) mass is 493 g/mol. The maximum Gasteiger partial charge on any atom is 0.191 e. The number of aliphatic imine (C=N–C) groups is 1. The minimum atomic E-state index is -0.669. The second kappa shape index (κ2) is 13.4. The highest BCUT2D eigenvalue weighted by Crippen LogP contribution is 2.19. The fourth-order valence-corrected chi connectivity index (χ4v) is 3.55. The Morgan fingerprint density at radius 2 is 1.70 bits per heavy atom. The van der Waals surface area contributed by atoms with E-state index in [4.69, 9.17) is 4.99 Å². The molecule has 1 aromatic heterocycles. The van der Waals surface area contributed by atoms with Gasteiger partial charge in [-0.3, -0.25) is 4.68 Å². The smallest absolute Gasteiger partial charge is 0.191 e. The summed E-state index contributed by atoms with van der Waals surface area (Å²) < 4.78 is 1.98. The van der Waals surface area contributed by atoms with Gasteiger partial charge in [-0.15, -0.1) is 24.0 Å². The van der Waals surface area contributed by atoms with Crippen molar-refractivity contribution < 1.29 is 5.11 Å². The Morgan fingerprint density at radius 3 is 2.19 bits per heavy atom. The molecule has 0 aliphatic rings. The summed E-state index contributed by atoms with van der Waals surface area (Å²) in [6.07, 6.45) is 5.41. The van der Waals surface area contributed by atoms with Crippen molar-refractivity contribution in [3.05, 3.63) is 17.0 Å². The van der Waals surface area contributed by atoms with E-state index < -0.39 is 5.60 Å². The number of guanidine groups is 1. The molecule has 0 aliphatic heterocycles. The minimum absolute atomic E-state index is 0. The summed E-state index contributed by atoms with van der Waals surface area (Å²) in [4.78, 5) is 4.77. The zero-order chi connectivity index (χ0) is 19.6. The molecule has 0 aliphatic carbocycles. The third-order valence-electron chi connectivity index (χ3n) is 4.78. The van der Waals surface area contributed by atoms with Crippen molar-refractivity contribution >= 4 is 29.9 Å². The third-order valence-corrected chi connectivity index (χ3v) is 4.78. The summed E-state index contributed by atoms with van der Waals surface area (Å²) in [5, 5.41) is 22.1. The molecule has 3 N–H and O–H groups in total. The molecule has 0 amide bonds. The van der Waals surface area contributed by atoms with Crippen molar-refractivity contribution in [3.8, 4) is 0 Å². The number of hydrogen-bond donors (Lipinski definition) is 3. The van der Waals surface area contributed by atoms with Crippen molar-refractivity contribution in [3.63, 3.8) is 0 Å². The number of rotatable bonds is 11. The highest BCUT2D eigenvalue weighted by Gasteiger charge is 2.25. The van der Waals surface area contributed by atoms with Gasteiger partial charge in [0, 0.05) is 31.4 Å². The molecule has 0 spiro atoms. The Balaban J connectivity index is 0.00000676. The van der Waals surface area contributed by atoms with Crippen molar-refractivity contribution in [2.24, 2.45) is 12.0 Å². The molecule has 0 aromatic carbocycles. The quantitative estimate of drug-likeness (QED) is 0.251. The van der Waals surface area contributed by atoms with E-state index >= 15 is 0 Å². The number of aliphatic hydroxyl groups is 1. The molecular formula is C20H40IN5O. The zero-order valence-corrected chi connectivity index (χ0v) is 20.4. The minimum Gasteiger partial charge on any atom is -0.388 e. The number of hydrogen-bond acceptors (Lipinski definition) is 3. The summed E-state index contributed by atoms with van der Waals surface area (Å²) in [7, 11) is 2.00. The maximum absolute atomic E-state index is 10.8. The van der Waals surface area contributed by atoms with E-state index in [-0.39, 0.29) is 24.0 Å². The normalized spacial score (nSPS) is 12.0. The average Bonchev–Trinajstić information content (AvgIpc) is 2.92. The lowest BCUT2D eigenvalue weighted by atomic mass is 9.93. The van der Waals surface area contributed by atoms with Crippen LogP contribution >= 0.6 is 24.0 Å². The van der Waals surface area contributed by atoms with Crippen LogP contribution < -0.4 is 10.6 Å². The van der Waals surface area contributed by atoms with Gasteiger partial charge in [0.15, 0.2) is 5.96 Å². The Labute approximate surface area is 182 Å². The number of aromatic nitrogens is 2.